The van der Waals surface area contributed by atoms with Crippen LogP contribution in [0, 0.1) is 6.92 Å². The van der Waals surface area contributed by atoms with Crippen molar-refractivity contribution in [3.05, 3.63) is 58.6 Å². The fourth-order valence-corrected chi connectivity index (χ4v) is 4.47. The van der Waals surface area contributed by atoms with Crippen molar-refractivity contribution in [2.75, 3.05) is 26.3 Å². The Morgan fingerprint density at radius 2 is 1.88 bits per heavy atom. The molecule has 0 unspecified atom stereocenters. The summed E-state index contributed by atoms with van der Waals surface area (Å²) in [6, 6.07) is 10.9. The van der Waals surface area contributed by atoms with E-state index in [4.69, 9.17) is 21.1 Å². The third-order valence-electron chi connectivity index (χ3n) is 4.02. The Kier molecular flexibility index (Phi) is 5.62. The Balaban J connectivity index is 1.88. The highest BCUT2D eigenvalue weighted by Crippen LogP contribution is 2.24. The maximum Gasteiger partial charge on any atom is 0.343 e. The maximum absolute atomic E-state index is 12.9. The van der Waals surface area contributed by atoms with E-state index in [-0.39, 0.29) is 10.5 Å². The van der Waals surface area contributed by atoms with Crippen LogP contribution in [0.3, 0.4) is 0 Å². The van der Waals surface area contributed by atoms with Crippen LogP contribution in [0.2, 0.25) is 5.02 Å². The summed E-state index contributed by atoms with van der Waals surface area (Å²) >= 11 is 5.88. The van der Waals surface area contributed by atoms with Crippen molar-refractivity contribution in [1.82, 2.24) is 4.31 Å². The standard InChI is InChI=1S/C18H18ClNO5S/c1-13-5-6-14(18(21)25-16-4-2-3-15(19)12-16)11-17(13)26(22,23)20-7-9-24-10-8-20/h2-6,11-12H,7-10H2,1H3. The molecule has 0 atom stereocenters. The molecule has 1 saturated heterocycles. The molecule has 0 aromatic heterocycles. The largest absolute Gasteiger partial charge is 0.423 e. The van der Waals surface area contributed by atoms with Crippen LogP contribution >= 0.6 is 11.6 Å². The summed E-state index contributed by atoms with van der Waals surface area (Å²) in [4.78, 5) is 12.5. The Bertz CT molecular complexity index is 923. The highest BCUT2D eigenvalue weighted by atomic mass is 35.5. The molecule has 138 valence electrons. The maximum atomic E-state index is 12.9. The van der Waals surface area contributed by atoms with Crippen LogP contribution in [0.15, 0.2) is 47.4 Å². The Morgan fingerprint density at radius 1 is 1.15 bits per heavy atom. The molecule has 0 radical (unpaired) electrons. The van der Waals surface area contributed by atoms with E-state index in [1.807, 2.05) is 0 Å². The molecule has 1 fully saturated rings. The SMILES string of the molecule is Cc1ccc(C(=O)Oc2cccc(Cl)c2)cc1S(=O)(=O)N1CCOCC1. The number of benzene rings is 2. The number of carbonyl (C=O) groups is 1. The fourth-order valence-electron chi connectivity index (χ4n) is 2.63. The number of morpholine rings is 1. The smallest absolute Gasteiger partial charge is 0.343 e. The predicted molar refractivity (Wildman–Crippen MR) is 97.2 cm³/mol. The lowest BCUT2D eigenvalue weighted by atomic mass is 10.1. The third kappa shape index (κ3) is 4.07. The second-order valence-electron chi connectivity index (χ2n) is 5.84. The van der Waals surface area contributed by atoms with E-state index in [1.165, 1.54) is 16.4 Å². The molecular weight excluding hydrogens is 378 g/mol. The van der Waals surface area contributed by atoms with E-state index in [0.29, 0.717) is 42.6 Å². The van der Waals surface area contributed by atoms with E-state index in [1.54, 1.807) is 37.3 Å². The fraction of sp³-hybridized carbons (Fsp3) is 0.278. The van der Waals surface area contributed by atoms with Crippen molar-refractivity contribution in [2.24, 2.45) is 0 Å². The summed E-state index contributed by atoms with van der Waals surface area (Å²) in [5, 5.41) is 0.440. The van der Waals surface area contributed by atoms with E-state index in [9.17, 15) is 13.2 Å². The topological polar surface area (TPSA) is 72.9 Å². The summed E-state index contributed by atoms with van der Waals surface area (Å²) < 4.78 is 37.6. The summed E-state index contributed by atoms with van der Waals surface area (Å²) in [5.41, 5.74) is 0.721. The van der Waals surface area contributed by atoms with Gasteiger partial charge in [0, 0.05) is 18.1 Å². The van der Waals surface area contributed by atoms with Gasteiger partial charge in [0.15, 0.2) is 0 Å². The van der Waals surface area contributed by atoms with Gasteiger partial charge in [-0.2, -0.15) is 4.31 Å². The van der Waals surface area contributed by atoms with Crippen LogP contribution in [-0.2, 0) is 14.8 Å². The second kappa shape index (κ2) is 7.75. The minimum Gasteiger partial charge on any atom is -0.423 e. The van der Waals surface area contributed by atoms with Gasteiger partial charge in [-0.3, -0.25) is 0 Å². The van der Waals surface area contributed by atoms with Gasteiger partial charge in [0.05, 0.1) is 23.7 Å². The first kappa shape index (κ1) is 18.8. The van der Waals surface area contributed by atoms with Crippen LogP contribution in [0.4, 0.5) is 0 Å². The Morgan fingerprint density at radius 3 is 2.58 bits per heavy atom. The molecule has 1 aliphatic heterocycles. The summed E-state index contributed by atoms with van der Waals surface area (Å²) in [6.07, 6.45) is 0. The molecule has 8 heteroatoms. The molecule has 6 nitrogen and oxygen atoms in total. The van der Waals surface area contributed by atoms with Gasteiger partial charge in [-0.05, 0) is 42.8 Å². The van der Waals surface area contributed by atoms with Crippen LogP contribution in [-0.4, -0.2) is 45.0 Å². The van der Waals surface area contributed by atoms with Crippen molar-refractivity contribution in [3.8, 4) is 5.75 Å². The van der Waals surface area contributed by atoms with Crippen molar-refractivity contribution < 1.29 is 22.7 Å². The summed E-state index contributed by atoms with van der Waals surface area (Å²) in [5.74, 6) is -0.355. The van der Waals surface area contributed by atoms with Crippen LogP contribution in [0.25, 0.3) is 0 Å². The summed E-state index contributed by atoms with van der Waals surface area (Å²) in [6.45, 7) is 2.99. The van der Waals surface area contributed by atoms with Crippen molar-refractivity contribution >= 4 is 27.6 Å². The first-order valence-electron chi connectivity index (χ1n) is 8.04. The van der Waals surface area contributed by atoms with Crippen molar-refractivity contribution in [3.63, 3.8) is 0 Å². The number of nitrogens with zero attached hydrogens (tertiary/aromatic N) is 1. The van der Waals surface area contributed by atoms with Gasteiger partial charge in [-0.15, -0.1) is 0 Å². The number of aryl methyl sites for hydroxylation is 1. The molecule has 0 aliphatic carbocycles. The molecule has 3 rings (SSSR count). The van der Waals surface area contributed by atoms with E-state index >= 15 is 0 Å². The molecule has 0 amide bonds. The molecule has 0 saturated carbocycles. The van der Waals surface area contributed by atoms with Crippen LogP contribution in [0.1, 0.15) is 15.9 Å². The molecule has 0 bridgehead atoms. The highest BCUT2D eigenvalue weighted by molar-refractivity contribution is 7.89. The Labute approximate surface area is 157 Å². The predicted octanol–water partition coefficient (Wildman–Crippen LogP) is 2.89. The van der Waals surface area contributed by atoms with Crippen LogP contribution < -0.4 is 4.74 Å². The number of carbonyl (C=O) groups excluding carboxylic acids is 1. The quantitative estimate of drug-likeness (QED) is 0.588. The molecule has 2 aromatic rings. The first-order chi connectivity index (χ1) is 12.4. The monoisotopic (exact) mass is 395 g/mol. The van der Waals surface area contributed by atoms with E-state index in [2.05, 4.69) is 0 Å². The molecule has 2 aromatic carbocycles. The van der Waals surface area contributed by atoms with Gasteiger partial charge >= 0.3 is 5.97 Å². The Hall–Kier alpha value is -1.93. The molecule has 0 N–H and O–H groups in total. The van der Waals surface area contributed by atoms with E-state index < -0.39 is 16.0 Å². The number of esters is 1. The van der Waals surface area contributed by atoms with Crippen molar-refractivity contribution in [2.45, 2.75) is 11.8 Å². The first-order valence-corrected chi connectivity index (χ1v) is 9.86. The van der Waals surface area contributed by atoms with Gasteiger partial charge in [-0.25, -0.2) is 13.2 Å². The minimum absolute atomic E-state index is 0.0972. The number of hydrogen-bond donors (Lipinski definition) is 0. The van der Waals surface area contributed by atoms with E-state index in [0.717, 1.165) is 0 Å². The lowest BCUT2D eigenvalue weighted by Crippen LogP contribution is -2.40. The normalized spacial score (nSPS) is 15.6. The van der Waals surface area contributed by atoms with Crippen LogP contribution in [0.5, 0.6) is 5.75 Å². The number of halogens is 1. The van der Waals surface area contributed by atoms with Gasteiger partial charge in [0.2, 0.25) is 10.0 Å². The highest BCUT2D eigenvalue weighted by Gasteiger charge is 2.28. The van der Waals surface area contributed by atoms with Gasteiger partial charge in [-0.1, -0.05) is 23.7 Å². The number of sulfonamides is 1. The number of hydrogen-bond acceptors (Lipinski definition) is 5. The zero-order valence-electron chi connectivity index (χ0n) is 14.1. The lowest BCUT2D eigenvalue weighted by Gasteiger charge is -2.26. The van der Waals surface area contributed by atoms with Gasteiger partial charge < -0.3 is 9.47 Å². The van der Waals surface area contributed by atoms with Gasteiger partial charge in [0.1, 0.15) is 5.75 Å². The average Bonchev–Trinajstić information content (AvgIpc) is 2.62. The minimum atomic E-state index is -3.70. The van der Waals surface area contributed by atoms with Gasteiger partial charge in [0.25, 0.3) is 0 Å². The third-order valence-corrected chi connectivity index (χ3v) is 6.29. The zero-order valence-corrected chi connectivity index (χ0v) is 15.7. The lowest BCUT2D eigenvalue weighted by molar-refractivity contribution is 0.0727. The molecule has 1 heterocycles. The molecule has 26 heavy (non-hydrogen) atoms. The van der Waals surface area contributed by atoms with Crippen molar-refractivity contribution in [1.29, 1.82) is 0 Å². The average molecular weight is 396 g/mol. The second-order valence-corrected chi connectivity index (χ2v) is 8.19. The zero-order chi connectivity index (χ0) is 18.7. The molecular formula is C18H18ClNO5S. The molecule has 1 aliphatic rings. The molecule has 0 spiro atoms. The number of rotatable bonds is 4. The number of ether oxygens (including phenoxy) is 2. The summed E-state index contributed by atoms with van der Waals surface area (Å²) in [7, 11) is -3.70.